The molecule has 0 saturated carbocycles. The Labute approximate surface area is 234 Å². The lowest BCUT2D eigenvalue weighted by atomic mass is 9.73. The van der Waals surface area contributed by atoms with Gasteiger partial charge in [0.1, 0.15) is 5.75 Å². The highest BCUT2D eigenvalue weighted by Crippen LogP contribution is 2.42. The number of alkyl halides is 3. The van der Waals surface area contributed by atoms with Gasteiger partial charge in [0.05, 0.1) is 29.0 Å². The van der Waals surface area contributed by atoms with E-state index in [9.17, 15) is 22.8 Å². The van der Waals surface area contributed by atoms with Crippen molar-refractivity contribution in [1.82, 2.24) is 0 Å². The lowest BCUT2D eigenvalue weighted by Crippen LogP contribution is -2.40. The quantitative estimate of drug-likeness (QED) is 0.235. The average Bonchev–Trinajstić information content (AvgIpc) is 3.16. The molecular formula is C31H39F3N2O4. The zero-order valence-electron chi connectivity index (χ0n) is 23.9. The molecule has 40 heavy (non-hydrogen) atoms. The third-order valence-corrected chi connectivity index (χ3v) is 7.11. The number of anilines is 1. The van der Waals surface area contributed by atoms with Gasteiger partial charge in [-0.3, -0.25) is 4.79 Å². The molecule has 0 spiro atoms. The topological polar surface area (TPSA) is 68.2 Å². The van der Waals surface area contributed by atoms with E-state index in [4.69, 9.17) is 14.6 Å². The first-order valence-corrected chi connectivity index (χ1v) is 13.9. The van der Waals surface area contributed by atoms with Gasteiger partial charge in [-0.1, -0.05) is 38.8 Å². The molecule has 1 amide bonds. The molecule has 0 atom stereocenters. The second-order valence-corrected chi connectivity index (χ2v) is 10.6. The lowest BCUT2D eigenvalue weighted by Gasteiger charge is -2.29. The van der Waals surface area contributed by atoms with E-state index in [1.807, 2.05) is 38.1 Å². The van der Waals surface area contributed by atoms with Gasteiger partial charge in [-0.05, 0) is 94.8 Å². The van der Waals surface area contributed by atoms with Gasteiger partial charge in [0, 0.05) is 0 Å². The first-order valence-electron chi connectivity index (χ1n) is 13.9. The van der Waals surface area contributed by atoms with Crippen LogP contribution in [0.2, 0.25) is 0 Å². The number of carbonyl (C=O) groups excluding carboxylic acids is 2. The third kappa shape index (κ3) is 7.04. The van der Waals surface area contributed by atoms with Crippen LogP contribution in [0.25, 0.3) is 0 Å². The van der Waals surface area contributed by atoms with Crippen molar-refractivity contribution in [2.24, 2.45) is 10.5 Å². The Balaban J connectivity index is 1.74. The van der Waals surface area contributed by atoms with E-state index in [1.54, 1.807) is 20.8 Å². The number of carbonyl (C=O) groups is 2. The summed E-state index contributed by atoms with van der Waals surface area (Å²) in [7, 11) is 0. The molecule has 1 aliphatic rings. The first-order chi connectivity index (χ1) is 18.9. The van der Waals surface area contributed by atoms with Crippen molar-refractivity contribution in [2.75, 3.05) is 11.6 Å². The molecule has 2 aromatic carbocycles. The molecule has 218 valence electrons. The van der Waals surface area contributed by atoms with Crippen molar-refractivity contribution < 1.29 is 32.2 Å². The van der Waals surface area contributed by atoms with Gasteiger partial charge in [-0.25, -0.2) is 4.79 Å². The fraction of sp³-hybridized carbons (Fsp3) is 0.516. The largest absolute Gasteiger partial charge is 0.476 e. The van der Waals surface area contributed by atoms with Crippen molar-refractivity contribution in [3.05, 3.63) is 59.7 Å². The fourth-order valence-electron chi connectivity index (χ4n) is 5.15. The molecule has 0 radical (unpaired) electrons. The average molecular weight is 561 g/mol. The number of amides is 1. The summed E-state index contributed by atoms with van der Waals surface area (Å²) < 4.78 is 50.1. The number of hydrogen-bond acceptors (Lipinski definition) is 5. The summed E-state index contributed by atoms with van der Waals surface area (Å²) in [4.78, 5) is 25.8. The molecule has 0 saturated heterocycles. The van der Waals surface area contributed by atoms with E-state index in [0.717, 1.165) is 49.1 Å². The van der Waals surface area contributed by atoms with E-state index >= 15 is 0 Å². The number of ether oxygens (including phenoxy) is 2. The van der Waals surface area contributed by atoms with Crippen molar-refractivity contribution in [1.29, 1.82) is 0 Å². The summed E-state index contributed by atoms with van der Waals surface area (Å²) in [5.74, 6) is -0.0414. The molecule has 0 aliphatic carbocycles. The minimum absolute atomic E-state index is 0.170. The second kappa shape index (κ2) is 12.9. The SMILES string of the molecule is CCCC1(CCC)C(=O)N(c2ccc(C(F)(F)F)cc2)N=C1CCCc1ccc(OC(C)(C)C(=O)OCC)cc1. The molecule has 1 aliphatic heterocycles. The van der Waals surface area contributed by atoms with Crippen LogP contribution in [0.5, 0.6) is 5.75 Å². The van der Waals surface area contributed by atoms with Crippen molar-refractivity contribution in [3.63, 3.8) is 0 Å². The Bertz CT molecular complexity index is 1180. The standard InChI is InChI=1S/C31H39F3N2O4/c1-6-20-30(21-7-2)26(35-36(27(30)37)24-16-14-23(15-17-24)31(32,33)34)11-9-10-22-12-18-25(19-13-22)40-29(4,5)28(38)39-8-3/h12-19H,6-11,20-21H2,1-5H3. The molecule has 6 nitrogen and oxygen atoms in total. The number of halogens is 3. The molecule has 9 heteroatoms. The van der Waals surface area contributed by atoms with Crippen molar-refractivity contribution >= 4 is 23.3 Å². The zero-order chi connectivity index (χ0) is 29.6. The van der Waals surface area contributed by atoms with Gasteiger partial charge in [-0.15, -0.1) is 0 Å². The molecule has 0 N–H and O–H groups in total. The van der Waals surface area contributed by atoms with Crippen LogP contribution in [-0.4, -0.2) is 29.8 Å². The van der Waals surface area contributed by atoms with Gasteiger partial charge in [0.15, 0.2) is 5.60 Å². The normalized spacial score (nSPS) is 15.2. The van der Waals surface area contributed by atoms with Gasteiger partial charge in [0.25, 0.3) is 5.91 Å². The van der Waals surface area contributed by atoms with Crippen LogP contribution >= 0.6 is 0 Å². The van der Waals surface area contributed by atoms with Crippen LogP contribution in [0.4, 0.5) is 18.9 Å². The summed E-state index contributed by atoms with van der Waals surface area (Å²) in [6.45, 7) is 9.40. The molecule has 0 fully saturated rings. The van der Waals surface area contributed by atoms with Crippen LogP contribution in [-0.2, 0) is 26.9 Å². The van der Waals surface area contributed by atoms with Crippen LogP contribution in [0, 0.1) is 5.41 Å². The van der Waals surface area contributed by atoms with E-state index in [1.165, 1.54) is 17.1 Å². The Kier molecular flexibility index (Phi) is 10.0. The number of esters is 1. The Morgan fingerprint density at radius 3 is 2.05 bits per heavy atom. The number of benzene rings is 2. The van der Waals surface area contributed by atoms with Crippen molar-refractivity contribution in [2.45, 2.75) is 91.3 Å². The van der Waals surface area contributed by atoms with Crippen LogP contribution in [0.1, 0.15) is 84.3 Å². The lowest BCUT2D eigenvalue weighted by molar-refractivity contribution is -0.158. The van der Waals surface area contributed by atoms with Gasteiger partial charge in [0.2, 0.25) is 0 Å². The van der Waals surface area contributed by atoms with Crippen LogP contribution < -0.4 is 9.75 Å². The third-order valence-electron chi connectivity index (χ3n) is 7.11. The van der Waals surface area contributed by atoms with Crippen molar-refractivity contribution in [3.8, 4) is 5.75 Å². The number of hydrazone groups is 1. The molecular weight excluding hydrogens is 521 g/mol. The smallest absolute Gasteiger partial charge is 0.416 e. The number of rotatable bonds is 13. The van der Waals surface area contributed by atoms with E-state index in [0.29, 0.717) is 30.7 Å². The Morgan fingerprint density at radius 2 is 1.52 bits per heavy atom. The van der Waals surface area contributed by atoms with Gasteiger partial charge >= 0.3 is 12.1 Å². The molecule has 0 bridgehead atoms. The fourth-order valence-corrected chi connectivity index (χ4v) is 5.15. The van der Waals surface area contributed by atoms with Crippen LogP contribution in [0.15, 0.2) is 53.6 Å². The number of nitrogens with zero attached hydrogens (tertiary/aromatic N) is 2. The first kappa shape index (κ1) is 31.2. The van der Waals surface area contributed by atoms with E-state index < -0.39 is 28.7 Å². The summed E-state index contributed by atoms with van der Waals surface area (Å²) >= 11 is 0. The number of aryl methyl sites for hydroxylation is 1. The highest BCUT2D eigenvalue weighted by atomic mass is 19.4. The van der Waals surface area contributed by atoms with Crippen LogP contribution in [0.3, 0.4) is 0 Å². The predicted molar refractivity (Wildman–Crippen MR) is 149 cm³/mol. The molecule has 1 heterocycles. The summed E-state index contributed by atoms with van der Waals surface area (Å²) in [6.07, 6.45) is 0.481. The minimum Gasteiger partial charge on any atom is -0.476 e. The maximum atomic E-state index is 13.7. The second-order valence-electron chi connectivity index (χ2n) is 10.6. The molecule has 2 aromatic rings. The highest BCUT2D eigenvalue weighted by molar-refractivity contribution is 6.19. The van der Waals surface area contributed by atoms with E-state index in [2.05, 4.69) is 0 Å². The number of hydrogen-bond donors (Lipinski definition) is 0. The predicted octanol–water partition coefficient (Wildman–Crippen LogP) is 7.74. The summed E-state index contributed by atoms with van der Waals surface area (Å²) in [6, 6.07) is 12.1. The maximum Gasteiger partial charge on any atom is 0.416 e. The van der Waals surface area contributed by atoms with Gasteiger partial charge in [-0.2, -0.15) is 23.3 Å². The maximum absolute atomic E-state index is 13.7. The molecule has 0 unspecified atom stereocenters. The summed E-state index contributed by atoms with van der Waals surface area (Å²) in [5.41, 5.74) is -0.416. The Hall–Kier alpha value is -3.36. The molecule has 3 rings (SSSR count). The minimum atomic E-state index is -4.45. The zero-order valence-corrected chi connectivity index (χ0v) is 23.9. The Morgan fingerprint density at radius 1 is 0.925 bits per heavy atom. The molecule has 0 aromatic heterocycles. The highest BCUT2D eigenvalue weighted by Gasteiger charge is 2.49. The van der Waals surface area contributed by atoms with E-state index in [-0.39, 0.29) is 12.5 Å². The van der Waals surface area contributed by atoms with Gasteiger partial charge < -0.3 is 9.47 Å². The monoisotopic (exact) mass is 560 g/mol. The summed E-state index contributed by atoms with van der Waals surface area (Å²) in [5, 5.41) is 5.98.